The molecule has 1 aromatic heterocycles. The summed E-state index contributed by atoms with van der Waals surface area (Å²) in [4.78, 5) is 26.8. The van der Waals surface area contributed by atoms with Crippen molar-refractivity contribution in [1.29, 1.82) is 0 Å². The third-order valence-electron chi connectivity index (χ3n) is 4.74. The minimum atomic E-state index is -0.214. The van der Waals surface area contributed by atoms with E-state index in [2.05, 4.69) is 10.2 Å². The molecule has 0 unspecified atom stereocenters. The molecule has 0 spiro atoms. The number of aromatic amines is 1. The quantitative estimate of drug-likeness (QED) is 0.754. The number of carbonyl (C=O) groups excluding carboxylic acids is 1. The molecule has 1 aromatic carbocycles. The van der Waals surface area contributed by atoms with E-state index in [1.807, 2.05) is 42.2 Å². The predicted octanol–water partition coefficient (Wildman–Crippen LogP) is 3.44. The van der Waals surface area contributed by atoms with Crippen LogP contribution in [0.15, 0.2) is 40.3 Å². The Balaban J connectivity index is 1.74. The molecule has 7 heteroatoms. The highest BCUT2D eigenvalue weighted by Gasteiger charge is 2.27. The van der Waals surface area contributed by atoms with E-state index in [0.29, 0.717) is 11.7 Å². The number of aromatic nitrogens is 3. The fraction of sp³-hybridized carbons (Fsp3) is 0.526. The van der Waals surface area contributed by atoms with Crippen molar-refractivity contribution < 1.29 is 4.79 Å². The average Bonchev–Trinajstić information content (AvgIpc) is 3.02. The third-order valence-corrected chi connectivity index (χ3v) is 5.70. The molecule has 1 aliphatic rings. The normalized spacial score (nSPS) is 15.1. The van der Waals surface area contributed by atoms with Crippen molar-refractivity contribution in [2.24, 2.45) is 0 Å². The Morgan fingerprint density at radius 3 is 2.69 bits per heavy atom. The van der Waals surface area contributed by atoms with Crippen LogP contribution in [-0.2, 0) is 11.3 Å². The number of H-pyrrole nitrogens is 1. The molecule has 1 amide bonds. The van der Waals surface area contributed by atoms with E-state index < -0.39 is 0 Å². The van der Waals surface area contributed by atoms with Gasteiger partial charge in [-0.25, -0.2) is 9.89 Å². The monoisotopic (exact) mass is 374 g/mol. The number of rotatable bonds is 7. The van der Waals surface area contributed by atoms with E-state index in [4.69, 9.17) is 0 Å². The van der Waals surface area contributed by atoms with Gasteiger partial charge in [-0.1, -0.05) is 56.1 Å². The molecule has 0 saturated heterocycles. The molecule has 3 rings (SSSR count). The van der Waals surface area contributed by atoms with Crippen LogP contribution >= 0.6 is 11.8 Å². The van der Waals surface area contributed by atoms with Crippen LogP contribution in [0.25, 0.3) is 0 Å². The molecule has 0 aliphatic heterocycles. The van der Waals surface area contributed by atoms with Gasteiger partial charge in [0.25, 0.3) is 0 Å². The molecule has 0 atom stereocenters. The van der Waals surface area contributed by atoms with Crippen LogP contribution in [0.1, 0.15) is 45.4 Å². The van der Waals surface area contributed by atoms with E-state index >= 15 is 0 Å². The van der Waals surface area contributed by atoms with Gasteiger partial charge in [-0.15, -0.1) is 5.10 Å². The maximum atomic E-state index is 13.1. The highest BCUT2D eigenvalue weighted by molar-refractivity contribution is 7.99. The summed E-state index contributed by atoms with van der Waals surface area (Å²) >= 11 is 1.33. The van der Waals surface area contributed by atoms with Gasteiger partial charge in [0.05, 0.1) is 5.75 Å². The molecule has 0 bridgehead atoms. The zero-order chi connectivity index (χ0) is 18.4. The zero-order valence-electron chi connectivity index (χ0n) is 15.2. The molecule has 6 nitrogen and oxygen atoms in total. The lowest BCUT2D eigenvalue weighted by Crippen LogP contribution is -2.42. The van der Waals surface area contributed by atoms with Crippen LogP contribution in [0, 0.1) is 0 Å². The van der Waals surface area contributed by atoms with Gasteiger partial charge in [0.2, 0.25) is 5.91 Å². The Kier molecular flexibility index (Phi) is 6.55. The van der Waals surface area contributed by atoms with Crippen molar-refractivity contribution in [3.8, 4) is 0 Å². The van der Waals surface area contributed by atoms with E-state index in [-0.39, 0.29) is 23.4 Å². The van der Waals surface area contributed by atoms with Crippen molar-refractivity contribution >= 4 is 23.4 Å². The van der Waals surface area contributed by atoms with Crippen LogP contribution in [-0.4, -0.2) is 32.5 Å². The predicted molar refractivity (Wildman–Crippen MR) is 105 cm³/mol. The first-order valence-corrected chi connectivity index (χ1v) is 10.3. The number of anilines is 1. The van der Waals surface area contributed by atoms with E-state index in [1.54, 1.807) is 4.57 Å². The first-order chi connectivity index (χ1) is 12.7. The number of thioether (sulfide) groups is 1. The highest BCUT2D eigenvalue weighted by atomic mass is 32.2. The van der Waals surface area contributed by atoms with Gasteiger partial charge in [0, 0.05) is 18.3 Å². The lowest BCUT2D eigenvalue weighted by molar-refractivity contribution is -0.116. The Morgan fingerprint density at radius 1 is 1.27 bits per heavy atom. The zero-order valence-corrected chi connectivity index (χ0v) is 16.0. The maximum Gasteiger partial charge on any atom is 0.343 e. The SMILES string of the molecule is CCCn1c(SCC(=O)N(c2ccccc2)C2CCCCC2)n[nH]c1=O. The molecular formula is C19H26N4O2S. The summed E-state index contributed by atoms with van der Waals surface area (Å²) in [7, 11) is 0. The van der Waals surface area contributed by atoms with Crippen LogP contribution in [0.3, 0.4) is 0 Å². The Hall–Kier alpha value is -2.02. The second kappa shape index (κ2) is 9.07. The molecule has 0 radical (unpaired) electrons. The topological polar surface area (TPSA) is 71.0 Å². The number of para-hydroxylation sites is 1. The van der Waals surface area contributed by atoms with Gasteiger partial charge < -0.3 is 4.90 Å². The van der Waals surface area contributed by atoms with Gasteiger partial charge in [0.1, 0.15) is 0 Å². The standard InChI is InChI=1S/C19H26N4O2S/c1-2-13-22-18(25)20-21-19(22)26-14-17(24)23(15-9-5-3-6-10-15)16-11-7-4-8-12-16/h3,5-6,9-10,16H,2,4,7-8,11-14H2,1H3,(H,20,25). The molecule has 1 fully saturated rings. The van der Waals surface area contributed by atoms with Crippen molar-refractivity contribution in [3.05, 3.63) is 40.8 Å². The molecule has 1 N–H and O–H groups in total. The number of hydrogen-bond acceptors (Lipinski definition) is 4. The number of carbonyl (C=O) groups is 1. The molecule has 2 aromatic rings. The summed E-state index contributed by atoms with van der Waals surface area (Å²) < 4.78 is 1.60. The van der Waals surface area contributed by atoms with Gasteiger partial charge in [-0.2, -0.15) is 0 Å². The number of hydrogen-bond donors (Lipinski definition) is 1. The van der Waals surface area contributed by atoms with E-state index in [0.717, 1.165) is 24.9 Å². The second-order valence-electron chi connectivity index (χ2n) is 6.64. The highest BCUT2D eigenvalue weighted by Crippen LogP contribution is 2.28. The van der Waals surface area contributed by atoms with Gasteiger partial charge >= 0.3 is 5.69 Å². The Labute approximate surface area is 158 Å². The molecule has 26 heavy (non-hydrogen) atoms. The Morgan fingerprint density at radius 2 is 2.00 bits per heavy atom. The first-order valence-electron chi connectivity index (χ1n) is 9.35. The Bertz CT molecular complexity index is 765. The summed E-state index contributed by atoms with van der Waals surface area (Å²) in [5.41, 5.74) is 0.743. The largest absolute Gasteiger partial charge is 0.343 e. The first kappa shape index (κ1) is 18.8. The van der Waals surface area contributed by atoms with Gasteiger partial charge in [-0.3, -0.25) is 9.36 Å². The van der Waals surface area contributed by atoms with Crippen LogP contribution in [0.4, 0.5) is 5.69 Å². The fourth-order valence-corrected chi connectivity index (χ4v) is 4.35. The summed E-state index contributed by atoms with van der Waals surface area (Å²) in [5.74, 6) is 0.353. The summed E-state index contributed by atoms with van der Waals surface area (Å²) in [5, 5.41) is 7.14. The van der Waals surface area contributed by atoms with Crippen molar-refractivity contribution in [2.45, 2.75) is 63.2 Å². The van der Waals surface area contributed by atoms with E-state index in [1.165, 1.54) is 31.0 Å². The minimum Gasteiger partial charge on any atom is -0.309 e. The smallest absolute Gasteiger partial charge is 0.309 e. The van der Waals surface area contributed by atoms with E-state index in [9.17, 15) is 9.59 Å². The summed E-state index contributed by atoms with van der Waals surface area (Å²) in [6.45, 7) is 2.62. The lowest BCUT2D eigenvalue weighted by Gasteiger charge is -2.34. The van der Waals surface area contributed by atoms with Crippen molar-refractivity contribution in [2.75, 3.05) is 10.7 Å². The number of benzene rings is 1. The summed E-state index contributed by atoms with van der Waals surface area (Å²) in [6.07, 6.45) is 6.54. The molecule has 1 saturated carbocycles. The van der Waals surface area contributed by atoms with Crippen molar-refractivity contribution in [3.63, 3.8) is 0 Å². The molecular weight excluding hydrogens is 348 g/mol. The second-order valence-corrected chi connectivity index (χ2v) is 7.59. The van der Waals surface area contributed by atoms with Crippen LogP contribution < -0.4 is 10.6 Å². The molecule has 1 aliphatic carbocycles. The summed E-state index contributed by atoms with van der Waals surface area (Å²) in [6, 6.07) is 10.2. The molecule has 1 heterocycles. The number of amides is 1. The fourth-order valence-electron chi connectivity index (χ4n) is 3.52. The molecule has 140 valence electrons. The number of nitrogens with one attached hydrogen (secondary N) is 1. The van der Waals surface area contributed by atoms with Crippen LogP contribution in [0.2, 0.25) is 0 Å². The third kappa shape index (κ3) is 4.38. The van der Waals surface area contributed by atoms with Gasteiger partial charge in [0.15, 0.2) is 5.16 Å². The number of nitrogens with zero attached hydrogens (tertiary/aromatic N) is 3. The lowest BCUT2D eigenvalue weighted by atomic mass is 9.93. The van der Waals surface area contributed by atoms with Crippen LogP contribution in [0.5, 0.6) is 0 Å². The average molecular weight is 375 g/mol. The van der Waals surface area contributed by atoms with Gasteiger partial charge in [-0.05, 0) is 31.4 Å². The van der Waals surface area contributed by atoms with Crippen molar-refractivity contribution in [1.82, 2.24) is 14.8 Å². The minimum absolute atomic E-state index is 0.0756. The maximum absolute atomic E-state index is 13.1.